The van der Waals surface area contributed by atoms with Gasteiger partial charge in [0.05, 0.1) is 6.04 Å². The molecule has 1 aliphatic heterocycles. The maximum atomic E-state index is 8.97. The molecule has 0 aliphatic carbocycles. The summed E-state index contributed by atoms with van der Waals surface area (Å²) in [6.07, 6.45) is 1.74. The predicted molar refractivity (Wildman–Crippen MR) is 33.4 cm³/mol. The summed E-state index contributed by atoms with van der Waals surface area (Å²) in [5, 5.41) is 17.1. The van der Waals surface area contributed by atoms with Crippen molar-refractivity contribution in [1.82, 2.24) is 5.06 Å². The van der Waals surface area contributed by atoms with E-state index in [9.17, 15) is 0 Å². The number of nitrogens with zero attached hydrogens (tertiary/aromatic N) is 1. The molecule has 52 valence electrons. The molecule has 0 aromatic rings. The average Bonchev–Trinajstić information content (AvgIpc) is 2.13. The molecule has 1 aliphatic rings. The minimum Gasteiger partial charge on any atom is -0.386 e. The molecule has 0 radical (unpaired) electrons. The zero-order chi connectivity index (χ0) is 6.85. The molecule has 0 aromatic heterocycles. The Balaban J connectivity index is 2.49. The van der Waals surface area contributed by atoms with E-state index in [2.05, 4.69) is 0 Å². The van der Waals surface area contributed by atoms with Gasteiger partial charge in [0.1, 0.15) is 5.84 Å². The molecule has 0 unspecified atom stereocenters. The lowest BCUT2D eigenvalue weighted by molar-refractivity contribution is -0.0844. The van der Waals surface area contributed by atoms with Crippen LogP contribution >= 0.6 is 0 Å². The third kappa shape index (κ3) is 1.20. The Hall–Kier alpha value is -0.610. The molecule has 4 nitrogen and oxygen atoms in total. The Morgan fingerprint density at radius 3 is 2.67 bits per heavy atom. The summed E-state index contributed by atoms with van der Waals surface area (Å²) >= 11 is 0. The fraction of sp³-hybridized carbons (Fsp3) is 0.800. The van der Waals surface area contributed by atoms with Crippen LogP contribution < -0.4 is 5.73 Å². The molecule has 1 saturated heterocycles. The van der Waals surface area contributed by atoms with Gasteiger partial charge in [0.2, 0.25) is 0 Å². The highest BCUT2D eigenvalue weighted by molar-refractivity contribution is 5.82. The first-order chi connectivity index (χ1) is 4.22. The van der Waals surface area contributed by atoms with Gasteiger partial charge in [-0.05, 0) is 12.8 Å². The van der Waals surface area contributed by atoms with Crippen LogP contribution in [0.4, 0.5) is 0 Å². The van der Waals surface area contributed by atoms with Crippen LogP contribution in [0.25, 0.3) is 0 Å². The van der Waals surface area contributed by atoms with Crippen LogP contribution in [0.5, 0.6) is 0 Å². The van der Waals surface area contributed by atoms with E-state index in [-0.39, 0.29) is 11.9 Å². The molecule has 0 aromatic carbocycles. The van der Waals surface area contributed by atoms with E-state index >= 15 is 0 Å². The summed E-state index contributed by atoms with van der Waals surface area (Å²) in [4.78, 5) is 0. The Kier molecular flexibility index (Phi) is 1.68. The normalized spacial score (nSPS) is 28.8. The van der Waals surface area contributed by atoms with Gasteiger partial charge in [0.15, 0.2) is 0 Å². The molecule has 0 amide bonds. The highest BCUT2D eigenvalue weighted by Crippen LogP contribution is 2.13. The number of hydrogen-bond donors (Lipinski definition) is 3. The number of amidine groups is 1. The second kappa shape index (κ2) is 2.33. The predicted octanol–water partition coefficient (Wildman–Crippen LogP) is -0.224. The summed E-state index contributed by atoms with van der Waals surface area (Å²) in [7, 11) is 0. The van der Waals surface area contributed by atoms with Crippen LogP contribution in [-0.4, -0.2) is 28.7 Å². The third-order valence-electron chi connectivity index (χ3n) is 1.58. The average molecular weight is 129 g/mol. The molecular formula is C5H11N3O. The second-order valence-corrected chi connectivity index (χ2v) is 2.28. The molecule has 4 heteroatoms. The molecule has 4 N–H and O–H groups in total. The van der Waals surface area contributed by atoms with E-state index in [4.69, 9.17) is 16.4 Å². The van der Waals surface area contributed by atoms with Crippen molar-refractivity contribution in [2.75, 3.05) is 6.54 Å². The standard InChI is InChI=1S/C5H11N3O/c6-5(7)4-2-1-3-8(4)9/h4,9H,1-3H2,(H3,6,7)/t4-/m0/s1. The monoisotopic (exact) mass is 129 g/mol. The van der Waals surface area contributed by atoms with E-state index in [1.807, 2.05) is 0 Å². The number of rotatable bonds is 1. The number of nitrogens with two attached hydrogens (primary N) is 1. The molecule has 0 bridgehead atoms. The van der Waals surface area contributed by atoms with Crippen molar-refractivity contribution >= 4 is 5.84 Å². The summed E-state index contributed by atoms with van der Waals surface area (Å²) in [5.74, 6) is 0.0648. The van der Waals surface area contributed by atoms with Crippen LogP contribution in [0, 0.1) is 5.41 Å². The first-order valence-corrected chi connectivity index (χ1v) is 3.01. The third-order valence-corrected chi connectivity index (χ3v) is 1.58. The number of hydrogen-bond acceptors (Lipinski definition) is 3. The van der Waals surface area contributed by atoms with Gasteiger partial charge in [-0.25, -0.2) is 0 Å². The van der Waals surface area contributed by atoms with Gasteiger partial charge in [0, 0.05) is 6.54 Å². The summed E-state index contributed by atoms with van der Waals surface area (Å²) in [6, 6.07) is -0.218. The van der Waals surface area contributed by atoms with Crippen molar-refractivity contribution in [2.24, 2.45) is 5.73 Å². The van der Waals surface area contributed by atoms with E-state index in [0.29, 0.717) is 6.54 Å². The van der Waals surface area contributed by atoms with Crippen molar-refractivity contribution in [3.05, 3.63) is 0 Å². The van der Waals surface area contributed by atoms with Gasteiger partial charge in [0.25, 0.3) is 0 Å². The quantitative estimate of drug-likeness (QED) is 0.338. The topological polar surface area (TPSA) is 73.3 Å². The molecule has 1 atom stereocenters. The lowest BCUT2D eigenvalue weighted by Gasteiger charge is -2.14. The Morgan fingerprint density at radius 2 is 2.44 bits per heavy atom. The highest BCUT2D eigenvalue weighted by Gasteiger charge is 2.24. The number of hydroxylamine groups is 2. The van der Waals surface area contributed by atoms with Gasteiger partial charge in [-0.1, -0.05) is 0 Å². The molecule has 0 spiro atoms. The van der Waals surface area contributed by atoms with Crippen LogP contribution in [0.3, 0.4) is 0 Å². The SMILES string of the molecule is N=C(N)[C@@H]1CCCN1O. The highest BCUT2D eigenvalue weighted by atomic mass is 16.5. The minimum absolute atomic E-state index is 0.0648. The zero-order valence-corrected chi connectivity index (χ0v) is 5.17. The van der Waals surface area contributed by atoms with Crippen LogP contribution in [0.15, 0.2) is 0 Å². The first kappa shape index (κ1) is 6.51. The minimum atomic E-state index is -0.218. The largest absolute Gasteiger partial charge is 0.386 e. The van der Waals surface area contributed by atoms with Crippen molar-refractivity contribution in [1.29, 1.82) is 5.41 Å². The summed E-state index contributed by atoms with van der Waals surface area (Å²) < 4.78 is 0. The van der Waals surface area contributed by atoms with E-state index in [1.165, 1.54) is 0 Å². The fourth-order valence-electron chi connectivity index (χ4n) is 1.07. The smallest absolute Gasteiger partial charge is 0.111 e. The summed E-state index contributed by atoms with van der Waals surface area (Å²) in [6.45, 7) is 0.643. The zero-order valence-electron chi connectivity index (χ0n) is 5.17. The van der Waals surface area contributed by atoms with E-state index < -0.39 is 0 Å². The fourth-order valence-corrected chi connectivity index (χ4v) is 1.07. The lowest BCUT2D eigenvalue weighted by atomic mass is 10.2. The molecule has 0 saturated carbocycles. The van der Waals surface area contributed by atoms with Crippen molar-refractivity contribution < 1.29 is 5.21 Å². The van der Waals surface area contributed by atoms with Gasteiger partial charge in [-0.15, -0.1) is 0 Å². The summed E-state index contributed by atoms with van der Waals surface area (Å²) in [5.41, 5.74) is 5.17. The van der Waals surface area contributed by atoms with E-state index in [1.54, 1.807) is 0 Å². The van der Waals surface area contributed by atoms with Gasteiger partial charge >= 0.3 is 0 Å². The first-order valence-electron chi connectivity index (χ1n) is 3.01. The van der Waals surface area contributed by atoms with Crippen molar-refractivity contribution in [3.8, 4) is 0 Å². The van der Waals surface area contributed by atoms with Crippen molar-refractivity contribution in [3.63, 3.8) is 0 Å². The second-order valence-electron chi connectivity index (χ2n) is 2.28. The molecular weight excluding hydrogens is 118 g/mol. The molecule has 1 fully saturated rings. The molecule has 1 heterocycles. The van der Waals surface area contributed by atoms with Crippen LogP contribution in [0.2, 0.25) is 0 Å². The maximum Gasteiger partial charge on any atom is 0.111 e. The van der Waals surface area contributed by atoms with Crippen molar-refractivity contribution in [2.45, 2.75) is 18.9 Å². The lowest BCUT2D eigenvalue weighted by Crippen LogP contribution is -2.37. The Bertz CT molecular complexity index is 125. The maximum absolute atomic E-state index is 8.97. The number of nitrogens with one attached hydrogen (secondary N) is 1. The Morgan fingerprint density at radius 1 is 1.78 bits per heavy atom. The van der Waals surface area contributed by atoms with E-state index in [0.717, 1.165) is 17.9 Å². The Labute approximate surface area is 53.7 Å². The van der Waals surface area contributed by atoms with Gasteiger partial charge < -0.3 is 10.9 Å². The van der Waals surface area contributed by atoms with Gasteiger partial charge in [-0.3, -0.25) is 5.41 Å². The molecule has 9 heavy (non-hydrogen) atoms. The van der Waals surface area contributed by atoms with Crippen LogP contribution in [-0.2, 0) is 0 Å². The van der Waals surface area contributed by atoms with Gasteiger partial charge in [-0.2, -0.15) is 5.06 Å². The van der Waals surface area contributed by atoms with Crippen LogP contribution in [0.1, 0.15) is 12.8 Å². The molecule has 1 rings (SSSR count).